The molecule has 0 aliphatic rings. The number of tetrazole rings is 1. The van der Waals surface area contributed by atoms with Crippen molar-refractivity contribution >= 4 is 6.41 Å². The van der Waals surface area contributed by atoms with Gasteiger partial charge in [-0.3, -0.25) is 9.63 Å². The van der Waals surface area contributed by atoms with Crippen LogP contribution in [0.3, 0.4) is 0 Å². The molecule has 0 radical (unpaired) electrons. The lowest BCUT2D eigenvalue weighted by molar-refractivity contribution is -0.216. The molecule has 0 aromatic carbocycles. The molecule has 7 heteroatoms. The van der Waals surface area contributed by atoms with Crippen LogP contribution in [0.15, 0.2) is 6.33 Å². The first-order chi connectivity index (χ1) is 7.01. The van der Waals surface area contributed by atoms with E-state index in [-0.39, 0.29) is 5.60 Å². The van der Waals surface area contributed by atoms with Gasteiger partial charge in [0.2, 0.25) is 6.41 Å². The predicted octanol–water partition coefficient (Wildman–Crippen LogP) is -0.138. The van der Waals surface area contributed by atoms with Gasteiger partial charge in [0, 0.05) is 0 Å². The standard InChI is InChI=1S/C8H15N5O2/c1-8(2,3)15-13(7-14)5-4-12-6-9-10-11-12/h6-7H,4-5H2,1-3H3. The Kier molecular flexibility index (Phi) is 3.73. The van der Waals surface area contributed by atoms with E-state index in [0.717, 1.165) is 0 Å². The van der Waals surface area contributed by atoms with Crippen molar-refractivity contribution < 1.29 is 9.63 Å². The average Bonchev–Trinajstić information content (AvgIpc) is 2.62. The molecule has 0 saturated heterocycles. The van der Waals surface area contributed by atoms with E-state index in [1.54, 1.807) is 0 Å². The van der Waals surface area contributed by atoms with Gasteiger partial charge in [-0.05, 0) is 31.2 Å². The first kappa shape index (κ1) is 11.6. The number of hydrogen-bond acceptors (Lipinski definition) is 5. The van der Waals surface area contributed by atoms with E-state index < -0.39 is 0 Å². The maximum atomic E-state index is 10.7. The van der Waals surface area contributed by atoms with Crippen LogP contribution in [0.25, 0.3) is 0 Å². The fourth-order valence-corrected chi connectivity index (χ4v) is 0.955. The monoisotopic (exact) mass is 213 g/mol. The fraction of sp³-hybridized carbons (Fsp3) is 0.750. The highest BCUT2D eigenvalue weighted by atomic mass is 16.7. The molecule has 0 atom stereocenters. The largest absolute Gasteiger partial charge is 0.276 e. The Labute approximate surface area is 88.0 Å². The Morgan fingerprint density at radius 2 is 2.27 bits per heavy atom. The van der Waals surface area contributed by atoms with E-state index in [4.69, 9.17) is 4.84 Å². The van der Waals surface area contributed by atoms with Gasteiger partial charge in [-0.15, -0.1) is 5.10 Å². The van der Waals surface area contributed by atoms with Crippen molar-refractivity contribution in [3.05, 3.63) is 6.33 Å². The summed E-state index contributed by atoms with van der Waals surface area (Å²) in [7, 11) is 0. The van der Waals surface area contributed by atoms with Gasteiger partial charge in [0.1, 0.15) is 6.33 Å². The molecular formula is C8H15N5O2. The number of rotatable bonds is 5. The van der Waals surface area contributed by atoms with Crippen molar-refractivity contribution in [3.8, 4) is 0 Å². The van der Waals surface area contributed by atoms with E-state index in [1.165, 1.54) is 16.1 Å². The highest BCUT2D eigenvalue weighted by molar-refractivity contribution is 5.44. The summed E-state index contributed by atoms with van der Waals surface area (Å²) in [4.78, 5) is 16.1. The molecule has 0 saturated carbocycles. The predicted molar refractivity (Wildman–Crippen MR) is 51.4 cm³/mol. The molecule has 7 nitrogen and oxygen atoms in total. The van der Waals surface area contributed by atoms with E-state index in [0.29, 0.717) is 19.5 Å². The molecule has 1 heterocycles. The van der Waals surface area contributed by atoms with E-state index >= 15 is 0 Å². The Balaban J connectivity index is 2.38. The van der Waals surface area contributed by atoms with Crippen molar-refractivity contribution in [1.29, 1.82) is 0 Å². The molecule has 0 spiro atoms. The molecule has 1 aromatic rings. The van der Waals surface area contributed by atoms with Crippen molar-refractivity contribution in [2.24, 2.45) is 0 Å². The van der Waals surface area contributed by atoms with Crippen LogP contribution in [0.1, 0.15) is 20.8 Å². The van der Waals surface area contributed by atoms with Crippen LogP contribution in [0.5, 0.6) is 0 Å². The molecule has 0 aliphatic heterocycles. The van der Waals surface area contributed by atoms with Gasteiger partial charge in [0.25, 0.3) is 0 Å². The van der Waals surface area contributed by atoms with Gasteiger partial charge in [-0.1, -0.05) is 0 Å². The van der Waals surface area contributed by atoms with Gasteiger partial charge in [-0.2, -0.15) is 0 Å². The topological polar surface area (TPSA) is 73.1 Å². The molecule has 0 aliphatic carbocycles. The third-order valence-corrected chi connectivity index (χ3v) is 1.45. The van der Waals surface area contributed by atoms with Crippen molar-refractivity contribution in [2.45, 2.75) is 32.9 Å². The smallest absolute Gasteiger partial charge is 0.233 e. The van der Waals surface area contributed by atoms with E-state index in [9.17, 15) is 4.79 Å². The number of aromatic nitrogens is 4. The molecule has 84 valence electrons. The number of hydroxylamine groups is 2. The lowest BCUT2D eigenvalue weighted by atomic mass is 10.2. The summed E-state index contributed by atoms with van der Waals surface area (Å²) < 4.78 is 1.53. The normalized spacial score (nSPS) is 11.4. The number of carbonyl (C=O) groups excluding carboxylic acids is 1. The van der Waals surface area contributed by atoms with Gasteiger partial charge in [0.15, 0.2) is 0 Å². The number of nitrogens with zero attached hydrogens (tertiary/aromatic N) is 5. The Bertz CT molecular complexity index is 292. The molecule has 1 aromatic heterocycles. The molecular weight excluding hydrogens is 198 g/mol. The fourth-order valence-electron chi connectivity index (χ4n) is 0.955. The third-order valence-electron chi connectivity index (χ3n) is 1.45. The average molecular weight is 213 g/mol. The minimum Gasteiger partial charge on any atom is -0.276 e. The molecule has 1 amide bonds. The molecule has 0 fully saturated rings. The summed E-state index contributed by atoms with van der Waals surface area (Å²) in [6.07, 6.45) is 2.13. The lowest BCUT2D eigenvalue weighted by Crippen LogP contribution is -2.35. The van der Waals surface area contributed by atoms with E-state index in [1.807, 2.05) is 20.8 Å². The van der Waals surface area contributed by atoms with Crippen LogP contribution in [0.4, 0.5) is 0 Å². The zero-order valence-electron chi connectivity index (χ0n) is 9.12. The van der Waals surface area contributed by atoms with Crippen LogP contribution >= 0.6 is 0 Å². The molecule has 15 heavy (non-hydrogen) atoms. The van der Waals surface area contributed by atoms with Crippen LogP contribution in [0, 0.1) is 0 Å². The zero-order chi connectivity index (χ0) is 11.3. The van der Waals surface area contributed by atoms with Crippen molar-refractivity contribution in [3.63, 3.8) is 0 Å². The Morgan fingerprint density at radius 3 is 2.73 bits per heavy atom. The summed E-state index contributed by atoms with van der Waals surface area (Å²) in [6, 6.07) is 0. The maximum absolute atomic E-state index is 10.7. The maximum Gasteiger partial charge on any atom is 0.233 e. The second-order valence-electron chi connectivity index (χ2n) is 4.02. The highest BCUT2D eigenvalue weighted by Gasteiger charge is 2.15. The summed E-state index contributed by atoms with van der Waals surface area (Å²) in [5, 5.41) is 11.9. The minimum atomic E-state index is -0.387. The molecule has 0 unspecified atom stereocenters. The number of hydrogen-bond donors (Lipinski definition) is 0. The number of amides is 1. The summed E-state index contributed by atoms with van der Waals surface area (Å²) in [5.74, 6) is 0. The quantitative estimate of drug-likeness (QED) is 0.503. The first-order valence-electron chi connectivity index (χ1n) is 4.63. The lowest BCUT2D eigenvalue weighted by Gasteiger charge is -2.26. The molecule has 0 bridgehead atoms. The van der Waals surface area contributed by atoms with Crippen molar-refractivity contribution in [1.82, 2.24) is 25.3 Å². The van der Waals surface area contributed by atoms with Gasteiger partial charge >= 0.3 is 0 Å². The summed E-state index contributed by atoms with van der Waals surface area (Å²) in [5.41, 5.74) is -0.387. The summed E-state index contributed by atoms with van der Waals surface area (Å²) >= 11 is 0. The molecule has 0 N–H and O–H groups in total. The van der Waals surface area contributed by atoms with E-state index in [2.05, 4.69) is 15.5 Å². The summed E-state index contributed by atoms with van der Waals surface area (Å²) in [6.45, 7) is 6.54. The highest BCUT2D eigenvalue weighted by Crippen LogP contribution is 2.08. The Morgan fingerprint density at radius 1 is 1.53 bits per heavy atom. The van der Waals surface area contributed by atoms with Gasteiger partial charge in [0.05, 0.1) is 18.7 Å². The van der Waals surface area contributed by atoms with Gasteiger partial charge < -0.3 is 0 Å². The van der Waals surface area contributed by atoms with Crippen LogP contribution < -0.4 is 0 Å². The van der Waals surface area contributed by atoms with Crippen molar-refractivity contribution in [2.75, 3.05) is 6.54 Å². The van der Waals surface area contributed by atoms with Gasteiger partial charge in [-0.25, -0.2) is 9.75 Å². The minimum absolute atomic E-state index is 0.387. The second kappa shape index (κ2) is 4.83. The van der Waals surface area contributed by atoms with Crippen LogP contribution in [-0.4, -0.2) is 43.8 Å². The SMILES string of the molecule is CC(C)(C)ON(C=O)CCn1cnnn1. The third kappa shape index (κ3) is 4.50. The van der Waals surface area contributed by atoms with Crippen LogP contribution in [0.2, 0.25) is 0 Å². The first-order valence-corrected chi connectivity index (χ1v) is 4.63. The number of carbonyl (C=O) groups is 1. The second-order valence-corrected chi connectivity index (χ2v) is 4.02. The Hall–Kier alpha value is -1.50. The van der Waals surface area contributed by atoms with Crippen LogP contribution in [-0.2, 0) is 16.2 Å². The zero-order valence-corrected chi connectivity index (χ0v) is 9.12. The molecule has 1 rings (SSSR count).